The van der Waals surface area contributed by atoms with Crippen LogP contribution >= 0.6 is 15.9 Å². The molecule has 0 aliphatic carbocycles. The van der Waals surface area contributed by atoms with Crippen LogP contribution in [-0.4, -0.2) is 30.1 Å². The monoisotopic (exact) mass is 508 g/mol. The van der Waals surface area contributed by atoms with Crippen LogP contribution in [0.15, 0.2) is 83.3 Å². The Morgan fingerprint density at radius 3 is 2.33 bits per heavy atom. The van der Waals surface area contributed by atoms with Crippen molar-refractivity contribution in [3.63, 3.8) is 0 Å². The van der Waals surface area contributed by atoms with Gasteiger partial charge in [0.2, 0.25) is 11.8 Å². The molecule has 0 aliphatic heterocycles. The maximum absolute atomic E-state index is 12.9. The van der Waals surface area contributed by atoms with Crippen LogP contribution in [0, 0.1) is 0 Å². The Labute approximate surface area is 200 Å². The van der Waals surface area contributed by atoms with E-state index in [0.29, 0.717) is 17.1 Å². The lowest BCUT2D eigenvalue weighted by Gasteiger charge is -2.19. The smallest absolute Gasteiger partial charge is 0.248 e. The SMILES string of the molecule is Nc1ccccc1NC(=O)/C=C/c1ccc(C(NCCO)C(=O)Nc2ccc(Br)cc2)cc1. The number of aliphatic hydroxyl groups excluding tert-OH is 1. The molecule has 7 nitrogen and oxygen atoms in total. The summed E-state index contributed by atoms with van der Waals surface area (Å²) in [7, 11) is 0. The second-order valence-corrected chi connectivity index (χ2v) is 8.10. The number of hydrogen-bond acceptors (Lipinski definition) is 5. The number of amides is 2. The number of nitrogens with two attached hydrogens (primary N) is 1. The van der Waals surface area contributed by atoms with Crippen molar-refractivity contribution in [3.05, 3.63) is 94.5 Å². The molecule has 0 saturated heterocycles. The van der Waals surface area contributed by atoms with Crippen LogP contribution in [-0.2, 0) is 9.59 Å². The lowest BCUT2D eigenvalue weighted by molar-refractivity contribution is -0.118. The molecular formula is C25H25BrN4O3. The van der Waals surface area contributed by atoms with Crippen LogP contribution in [0.3, 0.4) is 0 Å². The number of nitrogens with one attached hydrogen (secondary N) is 3. The predicted molar refractivity (Wildman–Crippen MR) is 136 cm³/mol. The zero-order chi connectivity index (χ0) is 23.6. The van der Waals surface area contributed by atoms with Crippen LogP contribution in [0.2, 0.25) is 0 Å². The molecule has 1 atom stereocenters. The minimum Gasteiger partial charge on any atom is -0.397 e. The van der Waals surface area contributed by atoms with Gasteiger partial charge in [-0.25, -0.2) is 0 Å². The molecule has 3 aromatic rings. The highest BCUT2D eigenvalue weighted by atomic mass is 79.9. The van der Waals surface area contributed by atoms with Gasteiger partial charge in [0.25, 0.3) is 0 Å². The Kier molecular flexibility index (Phi) is 8.77. The van der Waals surface area contributed by atoms with E-state index in [0.717, 1.165) is 15.6 Å². The number of carbonyl (C=O) groups excluding carboxylic acids is 2. The van der Waals surface area contributed by atoms with Gasteiger partial charge in [-0.05, 0) is 53.6 Å². The molecular weight excluding hydrogens is 484 g/mol. The zero-order valence-corrected chi connectivity index (χ0v) is 19.4. The fourth-order valence-corrected chi connectivity index (χ4v) is 3.34. The van der Waals surface area contributed by atoms with E-state index in [4.69, 9.17) is 5.73 Å². The number of halogens is 1. The maximum atomic E-state index is 12.9. The number of hydrogen-bond donors (Lipinski definition) is 5. The standard InChI is InChI=1S/C25H25BrN4O3/c26-19-10-12-20(13-11-19)29-25(33)24(28-15-16-31)18-8-5-17(6-9-18)7-14-23(32)30-22-4-2-1-3-21(22)27/h1-14,24,28,31H,15-16,27H2,(H,29,33)(H,30,32)/b14-7+. The van der Waals surface area contributed by atoms with Crippen molar-refractivity contribution in [1.82, 2.24) is 5.32 Å². The molecule has 0 saturated carbocycles. The third-order valence-corrected chi connectivity index (χ3v) is 5.28. The molecule has 1 unspecified atom stereocenters. The summed E-state index contributed by atoms with van der Waals surface area (Å²) in [6, 6.07) is 20.9. The van der Waals surface area contributed by atoms with E-state index < -0.39 is 6.04 Å². The Morgan fingerprint density at radius 2 is 1.67 bits per heavy atom. The molecule has 2 amide bonds. The van der Waals surface area contributed by atoms with Crippen LogP contribution < -0.4 is 21.7 Å². The maximum Gasteiger partial charge on any atom is 0.248 e. The Morgan fingerprint density at radius 1 is 0.970 bits per heavy atom. The third kappa shape index (κ3) is 7.28. The molecule has 0 fully saturated rings. The van der Waals surface area contributed by atoms with Crippen molar-refractivity contribution in [2.75, 3.05) is 29.5 Å². The highest BCUT2D eigenvalue weighted by molar-refractivity contribution is 9.10. The lowest BCUT2D eigenvalue weighted by atomic mass is 10.0. The van der Waals surface area contributed by atoms with Gasteiger partial charge in [-0.1, -0.05) is 52.3 Å². The van der Waals surface area contributed by atoms with Crippen LogP contribution in [0.25, 0.3) is 6.08 Å². The molecule has 0 aromatic heterocycles. The quantitative estimate of drug-likeness (QED) is 0.221. The third-order valence-electron chi connectivity index (χ3n) is 4.75. The number of aliphatic hydroxyl groups is 1. The van der Waals surface area contributed by atoms with E-state index in [1.54, 1.807) is 42.5 Å². The average molecular weight is 509 g/mol. The van der Waals surface area contributed by atoms with E-state index >= 15 is 0 Å². The molecule has 0 spiro atoms. The summed E-state index contributed by atoms with van der Waals surface area (Å²) in [5.74, 6) is -0.540. The molecule has 0 radical (unpaired) electrons. The molecule has 3 aromatic carbocycles. The average Bonchev–Trinajstić information content (AvgIpc) is 2.82. The minimum absolute atomic E-state index is 0.0933. The number of anilines is 3. The first kappa shape index (κ1) is 24.2. The molecule has 0 aliphatic rings. The normalized spacial score (nSPS) is 11.8. The van der Waals surface area contributed by atoms with E-state index in [-0.39, 0.29) is 25.0 Å². The van der Waals surface area contributed by atoms with Crippen molar-refractivity contribution in [1.29, 1.82) is 0 Å². The molecule has 170 valence electrons. The van der Waals surface area contributed by atoms with Gasteiger partial charge in [0, 0.05) is 22.8 Å². The van der Waals surface area contributed by atoms with Crippen LogP contribution in [0.1, 0.15) is 17.2 Å². The van der Waals surface area contributed by atoms with Gasteiger partial charge in [-0.3, -0.25) is 14.9 Å². The predicted octanol–water partition coefficient (Wildman–Crippen LogP) is 3.94. The van der Waals surface area contributed by atoms with E-state index in [1.807, 2.05) is 36.4 Å². The Balaban J connectivity index is 1.67. The number of nitrogen functional groups attached to an aromatic ring is 1. The summed E-state index contributed by atoms with van der Waals surface area (Å²) in [6.45, 7) is 0.173. The van der Waals surface area contributed by atoms with Crippen molar-refractivity contribution in [3.8, 4) is 0 Å². The molecule has 0 bridgehead atoms. The van der Waals surface area contributed by atoms with Gasteiger partial charge in [-0.2, -0.15) is 0 Å². The van der Waals surface area contributed by atoms with Crippen molar-refractivity contribution in [2.24, 2.45) is 0 Å². The molecule has 3 rings (SSSR count). The number of benzene rings is 3. The first-order chi connectivity index (χ1) is 16.0. The summed E-state index contributed by atoms with van der Waals surface area (Å²) in [6.07, 6.45) is 3.10. The number of carbonyl (C=O) groups is 2. The Bertz CT molecular complexity index is 1120. The van der Waals surface area contributed by atoms with Crippen molar-refractivity contribution < 1.29 is 14.7 Å². The number of para-hydroxylation sites is 2. The van der Waals surface area contributed by atoms with E-state index in [1.165, 1.54) is 6.08 Å². The minimum atomic E-state index is -0.650. The fourth-order valence-electron chi connectivity index (χ4n) is 3.08. The molecule has 33 heavy (non-hydrogen) atoms. The van der Waals surface area contributed by atoms with Crippen molar-refractivity contribution in [2.45, 2.75) is 6.04 Å². The lowest BCUT2D eigenvalue weighted by Crippen LogP contribution is -2.34. The first-order valence-corrected chi connectivity index (χ1v) is 11.1. The second kappa shape index (κ2) is 12.0. The summed E-state index contributed by atoms with van der Waals surface area (Å²) in [5, 5.41) is 17.9. The first-order valence-electron chi connectivity index (χ1n) is 10.3. The van der Waals surface area contributed by atoms with Gasteiger partial charge in [0.05, 0.1) is 18.0 Å². The highest BCUT2D eigenvalue weighted by Gasteiger charge is 2.20. The van der Waals surface area contributed by atoms with Gasteiger partial charge in [0.15, 0.2) is 0 Å². The summed E-state index contributed by atoms with van der Waals surface area (Å²) in [4.78, 5) is 25.0. The highest BCUT2D eigenvalue weighted by Crippen LogP contribution is 2.20. The molecule has 0 heterocycles. The van der Waals surface area contributed by atoms with Gasteiger partial charge < -0.3 is 21.5 Å². The van der Waals surface area contributed by atoms with Crippen LogP contribution in [0.5, 0.6) is 0 Å². The molecule has 6 N–H and O–H groups in total. The van der Waals surface area contributed by atoms with E-state index in [9.17, 15) is 14.7 Å². The van der Waals surface area contributed by atoms with Gasteiger partial charge in [0.1, 0.15) is 6.04 Å². The van der Waals surface area contributed by atoms with Crippen LogP contribution in [0.4, 0.5) is 17.1 Å². The fraction of sp³-hybridized carbons (Fsp3) is 0.120. The summed E-state index contributed by atoms with van der Waals surface area (Å²) < 4.78 is 0.917. The summed E-state index contributed by atoms with van der Waals surface area (Å²) >= 11 is 3.37. The molecule has 8 heteroatoms. The number of rotatable bonds is 9. The van der Waals surface area contributed by atoms with Gasteiger partial charge in [-0.15, -0.1) is 0 Å². The topological polar surface area (TPSA) is 116 Å². The van der Waals surface area contributed by atoms with E-state index in [2.05, 4.69) is 31.9 Å². The van der Waals surface area contributed by atoms with Gasteiger partial charge >= 0.3 is 0 Å². The second-order valence-electron chi connectivity index (χ2n) is 7.18. The van der Waals surface area contributed by atoms with Crippen molar-refractivity contribution >= 4 is 50.9 Å². The zero-order valence-electron chi connectivity index (χ0n) is 17.8. The largest absolute Gasteiger partial charge is 0.397 e. The Hall–Kier alpha value is -3.46. The summed E-state index contributed by atoms with van der Waals surface area (Å²) in [5.41, 5.74) is 9.08.